The summed E-state index contributed by atoms with van der Waals surface area (Å²) in [6, 6.07) is 14.1. The highest BCUT2D eigenvalue weighted by molar-refractivity contribution is 5.94. The number of hydrogen-bond acceptors (Lipinski definition) is 7. The highest BCUT2D eigenvalue weighted by Crippen LogP contribution is 2.23. The SMILES string of the molecule is CCOC(=O)c1cn(-c2ccc(N3CCOCC3)cc2)c2ccc(CN3CCOCC3)cc2c1=O. The van der Waals surface area contributed by atoms with Gasteiger partial charge in [0.15, 0.2) is 0 Å². The average molecular weight is 478 g/mol. The lowest BCUT2D eigenvalue weighted by atomic mass is 10.1. The number of fused-ring (bicyclic) bond motifs is 1. The van der Waals surface area contributed by atoms with Gasteiger partial charge in [0.25, 0.3) is 0 Å². The van der Waals surface area contributed by atoms with E-state index in [1.165, 1.54) is 0 Å². The van der Waals surface area contributed by atoms with Crippen molar-refractivity contribution in [2.24, 2.45) is 0 Å². The second kappa shape index (κ2) is 10.6. The number of carbonyl (C=O) groups excluding carboxylic acids is 1. The van der Waals surface area contributed by atoms with Crippen LogP contribution in [0.25, 0.3) is 16.6 Å². The van der Waals surface area contributed by atoms with E-state index in [1.807, 2.05) is 28.8 Å². The molecule has 0 radical (unpaired) electrons. The van der Waals surface area contributed by atoms with E-state index in [4.69, 9.17) is 14.2 Å². The number of morpholine rings is 2. The number of carbonyl (C=O) groups is 1. The molecule has 8 heteroatoms. The zero-order chi connectivity index (χ0) is 24.2. The fourth-order valence-corrected chi connectivity index (χ4v) is 4.71. The van der Waals surface area contributed by atoms with Crippen LogP contribution in [-0.4, -0.2) is 74.6 Å². The van der Waals surface area contributed by atoms with Crippen LogP contribution in [0.2, 0.25) is 0 Å². The molecule has 0 N–H and O–H groups in total. The number of esters is 1. The largest absolute Gasteiger partial charge is 0.462 e. The van der Waals surface area contributed by atoms with Crippen molar-refractivity contribution >= 4 is 22.6 Å². The molecule has 2 aromatic carbocycles. The first kappa shape index (κ1) is 23.5. The van der Waals surface area contributed by atoms with Crippen LogP contribution in [0, 0.1) is 0 Å². The Hall–Kier alpha value is -3.20. The Morgan fingerprint density at radius 3 is 2.26 bits per heavy atom. The molecule has 0 unspecified atom stereocenters. The molecule has 0 aliphatic carbocycles. The van der Waals surface area contributed by atoms with Crippen molar-refractivity contribution < 1.29 is 19.0 Å². The van der Waals surface area contributed by atoms with Gasteiger partial charge in [-0.1, -0.05) is 6.07 Å². The monoisotopic (exact) mass is 477 g/mol. The summed E-state index contributed by atoms with van der Waals surface area (Å²) in [6.07, 6.45) is 1.61. The van der Waals surface area contributed by atoms with E-state index in [0.29, 0.717) is 18.6 Å². The summed E-state index contributed by atoms with van der Waals surface area (Å²) in [5, 5.41) is 0.513. The van der Waals surface area contributed by atoms with Gasteiger partial charge in [-0.3, -0.25) is 9.69 Å². The van der Waals surface area contributed by atoms with Gasteiger partial charge in [-0.05, 0) is 48.9 Å². The maximum Gasteiger partial charge on any atom is 0.343 e. The molecule has 0 atom stereocenters. The third-order valence-electron chi connectivity index (χ3n) is 6.58. The summed E-state index contributed by atoms with van der Waals surface area (Å²) >= 11 is 0. The van der Waals surface area contributed by atoms with E-state index in [9.17, 15) is 9.59 Å². The van der Waals surface area contributed by atoms with E-state index < -0.39 is 5.97 Å². The maximum absolute atomic E-state index is 13.4. The normalized spacial score (nSPS) is 17.0. The van der Waals surface area contributed by atoms with Crippen LogP contribution in [0.5, 0.6) is 0 Å². The summed E-state index contributed by atoms with van der Waals surface area (Å²) < 4.78 is 18.0. The van der Waals surface area contributed by atoms with E-state index in [2.05, 4.69) is 28.0 Å². The third-order valence-corrected chi connectivity index (χ3v) is 6.58. The summed E-state index contributed by atoms with van der Waals surface area (Å²) in [4.78, 5) is 30.6. The highest BCUT2D eigenvalue weighted by Gasteiger charge is 2.19. The van der Waals surface area contributed by atoms with Gasteiger partial charge in [0.1, 0.15) is 5.56 Å². The zero-order valence-corrected chi connectivity index (χ0v) is 20.1. The van der Waals surface area contributed by atoms with Crippen molar-refractivity contribution in [2.45, 2.75) is 13.5 Å². The van der Waals surface area contributed by atoms with Crippen LogP contribution in [-0.2, 0) is 20.8 Å². The molecule has 5 rings (SSSR count). The van der Waals surface area contributed by atoms with E-state index in [-0.39, 0.29) is 17.6 Å². The van der Waals surface area contributed by atoms with Gasteiger partial charge < -0.3 is 23.7 Å². The second-order valence-electron chi connectivity index (χ2n) is 8.82. The van der Waals surface area contributed by atoms with Crippen molar-refractivity contribution in [2.75, 3.05) is 64.1 Å². The summed E-state index contributed by atoms with van der Waals surface area (Å²) in [5.41, 5.74) is 3.53. The fraction of sp³-hybridized carbons (Fsp3) is 0.407. The molecule has 8 nitrogen and oxygen atoms in total. The Balaban J connectivity index is 1.55. The van der Waals surface area contributed by atoms with Crippen LogP contribution in [0.3, 0.4) is 0 Å². The van der Waals surface area contributed by atoms with Crippen molar-refractivity contribution in [1.82, 2.24) is 9.47 Å². The summed E-state index contributed by atoms with van der Waals surface area (Å²) in [6.45, 7) is 9.01. The predicted molar refractivity (Wildman–Crippen MR) is 135 cm³/mol. The van der Waals surface area contributed by atoms with Crippen LogP contribution in [0.15, 0.2) is 53.5 Å². The molecule has 0 spiro atoms. The minimum absolute atomic E-state index is 0.0418. The fourth-order valence-electron chi connectivity index (χ4n) is 4.71. The number of aromatic nitrogens is 1. The average Bonchev–Trinajstić information content (AvgIpc) is 2.90. The lowest BCUT2D eigenvalue weighted by Gasteiger charge is -2.29. The Labute approximate surface area is 204 Å². The molecule has 2 aliphatic heterocycles. The summed E-state index contributed by atoms with van der Waals surface area (Å²) in [7, 11) is 0. The number of benzene rings is 2. The first-order valence-electron chi connectivity index (χ1n) is 12.2. The first-order chi connectivity index (χ1) is 17.1. The molecule has 0 amide bonds. The molecule has 3 aromatic rings. The van der Waals surface area contributed by atoms with Crippen molar-refractivity contribution in [3.8, 4) is 5.69 Å². The van der Waals surface area contributed by atoms with E-state index in [1.54, 1.807) is 13.1 Å². The number of nitrogens with zero attached hydrogens (tertiary/aromatic N) is 3. The highest BCUT2D eigenvalue weighted by atomic mass is 16.5. The zero-order valence-electron chi connectivity index (χ0n) is 20.1. The van der Waals surface area contributed by atoms with Crippen molar-refractivity contribution in [3.63, 3.8) is 0 Å². The number of anilines is 1. The Morgan fingerprint density at radius 2 is 1.57 bits per heavy atom. The molecule has 2 saturated heterocycles. The van der Waals surface area contributed by atoms with Crippen molar-refractivity contribution in [3.05, 3.63) is 70.0 Å². The number of pyridine rings is 1. The van der Waals surface area contributed by atoms with Gasteiger partial charge in [0.2, 0.25) is 5.43 Å². The van der Waals surface area contributed by atoms with Crippen LogP contribution in [0.4, 0.5) is 5.69 Å². The van der Waals surface area contributed by atoms with E-state index >= 15 is 0 Å². The Morgan fingerprint density at radius 1 is 0.914 bits per heavy atom. The Kier molecular flexibility index (Phi) is 7.13. The van der Waals surface area contributed by atoms with E-state index in [0.717, 1.165) is 68.4 Å². The van der Waals surface area contributed by atoms with Crippen LogP contribution in [0.1, 0.15) is 22.8 Å². The topological polar surface area (TPSA) is 73.2 Å². The van der Waals surface area contributed by atoms with Crippen LogP contribution >= 0.6 is 0 Å². The van der Waals surface area contributed by atoms with Gasteiger partial charge >= 0.3 is 5.97 Å². The number of hydrogen-bond donors (Lipinski definition) is 0. The van der Waals surface area contributed by atoms with Crippen LogP contribution < -0.4 is 10.3 Å². The quantitative estimate of drug-likeness (QED) is 0.506. The molecular formula is C27H31N3O5. The first-order valence-corrected chi connectivity index (χ1v) is 12.2. The molecule has 2 aliphatic rings. The lowest BCUT2D eigenvalue weighted by Crippen LogP contribution is -2.36. The minimum Gasteiger partial charge on any atom is -0.462 e. The molecule has 3 heterocycles. The molecule has 0 saturated carbocycles. The molecular weight excluding hydrogens is 446 g/mol. The maximum atomic E-state index is 13.4. The number of ether oxygens (including phenoxy) is 3. The minimum atomic E-state index is -0.600. The van der Waals surface area contributed by atoms with Gasteiger partial charge in [-0.25, -0.2) is 4.79 Å². The predicted octanol–water partition coefficient (Wildman–Crippen LogP) is 2.84. The molecule has 0 bridgehead atoms. The standard InChI is InChI=1S/C27H31N3O5/c1-2-35-27(32)24-19-30(22-6-4-21(5-7-22)29-11-15-34-16-12-29)25-8-3-20(17-23(25)26(24)31)18-28-9-13-33-14-10-28/h3-8,17,19H,2,9-16,18H2,1H3. The molecule has 2 fully saturated rings. The third kappa shape index (κ3) is 5.10. The van der Waals surface area contributed by atoms with Gasteiger partial charge in [-0.2, -0.15) is 0 Å². The van der Waals surface area contributed by atoms with Gasteiger partial charge in [0.05, 0.1) is 38.6 Å². The van der Waals surface area contributed by atoms with Gasteiger partial charge in [-0.15, -0.1) is 0 Å². The second-order valence-corrected chi connectivity index (χ2v) is 8.82. The van der Waals surface area contributed by atoms with Gasteiger partial charge in [0, 0.05) is 55.7 Å². The summed E-state index contributed by atoms with van der Waals surface area (Å²) in [5.74, 6) is -0.600. The number of rotatable bonds is 6. The van der Waals surface area contributed by atoms with Crippen molar-refractivity contribution in [1.29, 1.82) is 0 Å². The Bertz CT molecular complexity index is 1240. The molecule has 1 aromatic heterocycles. The lowest BCUT2D eigenvalue weighted by molar-refractivity contribution is 0.0342. The smallest absolute Gasteiger partial charge is 0.343 e. The molecule has 35 heavy (non-hydrogen) atoms. The molecule has 184 valence electrons.